The Labute approximate surface area is 129 Å². The molecule has 0 bridgehead atoms. The molecule has 0 spiro atoms. The summed E-state index contributed by atoms with van der Waals surface area (Å²) >= 11 is 9.71. The lowest BCUT2D eigenvalue weighted by Gasteiger charge is -2.29. The van der Waals surface area contributed by atoms with Crippen molar-refractivity contribution in [1.82, 2.24) is 9.97 Å². The van der Waals surface area contributed by atoms with Gasteiger partial charge in [0, 0.05) is 12.0 Å². The molecule has 1 heterocycles. The zero-order valence-corrected chi connectivity index (χ0v) is 14.8. The number of halogens is 2. The molecule has 1 rings (SSSR count). The quantitative estimate of drug-likeness (QED) is 0.729. The van der Waals surface area contributed by atoms with Gasteiger partial charge in [0.2, 0.25) is 0 Å². The van der Waals surface area contributed by atoms with Crippen LogP contribution in [0.25, 0.3) is 0 Å². The van der Waals surface area contributed by atoms with Gasteiger partial charge in [0.15, 0.2) is 5.82 Å². The Morgan fingerprint density at radius 3 is 2.16 bits per heavy atom. The molecule has 1 unspecified atom stereocenters. The van der Waals surface area contributed by atoms with Crippen molar-refractivity contribution in [2.24, 2.45) is 0 Å². The molecule has 0 aromatic carbocycles. The highest BCUT2D eigenvalue weighted by molar-refractivity contribution is 9.10. The first-order valence-electron chi connectivity index (χ1n) is 6.53. The van der Waals surface area contributed by atoms with E-state index in [9.17, 15) is 0 Å². The third-order valence-electron chi connectivity index (χ3n) is 3.13. The fourth-order valence-corrected chi connectivity index (χ4v) is 2.74. The maximum atomic E-state index is 6.23. The molecule has 19 heavy (non-hydrogen) atoms. The van der Waals surface area contributed by atoms with Gasteiger partial charge in [-0.1, -0.05) is 39.3 Å². The van der Waals surface area contributed by atoms with Gasteiger partial charge in [-0.3, -0.25) is 0 Å². The molecule has 5 heteroatoms. The van der Waals surface area contributed by atoms with E-state index in [0.29, 0.717) is 17.6 Å². The molecule has 0 aliphatic carbocycles. The van der Waals surface area contributed by atoms with Crippen LogP contribution in [0.1, 0.15) is 59.5 Å². The molecule has 3 nitrogen and oxygen atoms in total. The number of nitrogens with zero attached hydrogens (tertiary/aromatic N) is 2. The van der Waals surface area contributed by atoms with Crippen LogP contribution in [-0.2, 0) is 15.8 Å². The number of hydrogen-bond acceptors (Lipinski definition) is 3. The van der Waals surface area contributed by atoms with E-state index in [1.807, 2.05) is 13.8 Å². The van der Waals surface area contributed by atoms with E-state index in [1.165, 1.54) is 0 Å². The van der Waals surface area contributed by atoms with Gasteiger partial charge >= 0.3 is 0 Å². The molecule has 0 saturated heterocycles. The number of hydrogen-bond donors (Lipinski definition) is 0. The van der Waals surface area contributed by atoms with Crippen LogP contribution in [0.2, 0.25) is 5.15 Å². The Hall–Kier alpha value is -0.190. The molecule has 0 N–H and O–H groups in total. The minimum Gasteiger partial charge on any atom is -0.368 e. The van der Waals surface area contributed by atoms with Crippen LogP contribution in [0.3, 0.4) is 0 Å². The SMILES string of the molecule is CCOC(C)(CC)c1nc(Cl)c(Br)c(C(C)(C)C)n1. The van der Waals surface area contributed by atoms with Crippen LogP contribution < -0.4 is 0 Å². The van der Waals surface area contributed by atoms with Gasteiger partial charge in [-0.15, -0.1) is 0 Å². The summed E-state index contributed by atoms with van der Waals surface area (Å²) < 4.78 is 6.59. The lowest BCUT2D eigenvalue weighted by molar-refractivity contribution is -0.0393. The average molecular weight is 350 g/mol. The monoisotopic (exact) mass is 348 g/mol. The van der Waals surface area contributed by atoms with Crippen molar-refractivity contribution in [2.45, 2.75) is 59.0 Å². The number of ether oxygens (including phenoxy) is 1. The summed E-state index contributed by atoms with van der Waals surface area (Å²) in [6, 6.07) is 0. The molecule has 0 radical (unpaired) electrons. The summed E-state index contributed by atoms with van der Waals surface area (Å²) in [4.78, 5) is 9.09. The second-order valence-electron chi connectivity index (χ2n) is 5.77. The fraction of sp³-hybridized carbons (Fsp3) is 0.714. The largest absolute Gasteiger partial charge is 0.368 e. The molecule has 1 aromatic rings. The van der Waals surface area contributed by atoms with E-state index in [4.69, 9.17) is 21.3 Å². The minimum atomic E-state index is -0.501. The Morgan fingerprint density at radius 1 is 1.16 bits per heavy atom. The summed E-state index contributed by atoms with van der Waals surface area (Å²) in [6.07, 6.45) is 0.794. The van der Waals surface area contributed by atoms with Crippen LogP contribution in [0.4, 0.5) is 0 Å². The first-order valence-corrected chi connectivity index (χ1v) is 7.70. The van der Waals surface area contributed by atoms with Crippen LogP contribution in [0, 0.1) is 0 Å². The molecule has 1 aromatic heterocycles. The van der Waals surface area contributed by atoms with Crippen molar-refractivity contribution < 1.29 is 4.74 Å². The van der Waals surface area contributed by atoms with E-state index in [-0.39, 0.29) is 5.41 Å². The summed E-state index contributed by atoms with van der Waals surface area (Å²) in [5.74, 6) is 0.648. The number of aromatic nitrogens is 2. The van der Waals surface area contributed by atoms with E-state index in [1.54, 1.807) is 0 Å². The van der Waals surface area contributed by atoms with Crippen molar-refractivity contribution in [3.8, 4) is 0 Å². The second kappa shape index (κ2) is 6.06. The van der Waals surface area contributed by atoms with Crippen molar-refractivity contribution >= 4 is 27.5 Å². The third-order valence-corrected chi connectivity index (χ3v) is 4.38. The van der Waals surface area contributed by atoms with Gasteiger partial charge in [-0.25, -0.2) is 9.97 Å². The minimum absolute atomic E-state index is 0.110. The first kappa shape index (κ1) is 16.9. The molecular formula is C14H22BrClN2O. The highest BCUT2D eigenvalue weighted by Crippen LogP contribution is 2.35. The van der Waals surface area contributed by atoms with Crippen LogP contribution in [0.5, 0.6) is 0 Å². The van der Waals surface area contributed by atoms with Gasteiger partial charge in [0.05, 0.1) is 10.2 Å². The van der Waals surface area contributed by atoms with E-state index < -0.39 is 5.60 Å². The molecule has 0 saturated carbocycles. The average Bonchev–Trinajstić information content (AvgIpc) is 2.31. The van der Waals surface area contributed by atoms with Gasteiger partial charge in [-0.2, -0.15) is 0 Å². The standard InChI is InChI=1S/C14H22BrClN2O/c1-7-14(6,19-8-2)12-17-10(13(3,4)5)9(15)11(16)18-12/h7-8H2,1-6H3. The van der Waals surface area contributed by atoms with Crippen molar-refractivity contribution in [3.05, 3.63) is 21.1 Å². The predicted molar refractivity (Wildman–Crippen MR) is 82.7 cm³/mol. The zero-order chi connectivity index (χ0) is 14.8. The van der Waals surface area contributed by atoms with E-state index in [2.05, 4.69) is 48.6 Å². The van der Waals surface area contributed by atoms with E-state index >= 15 is 0 Å². The maximum Gasteiger partial charge on any atom is 0.162 e. The van der Waals surface area contributed by atoms with Crippen LogP contribution in [-0.4, -0.2) is 16.6 Å². The first-order chi connectivity index (χ1) is 8.65. The summed E-state index contributed by atoms with van der Waals surface area (Å²) in [5, 5.41) is 0.439. The topological polar surface area (TPSA) is 35.0 Å². The van der Waals surface area contributed by atoms with Crippen molar-refractivity contribution in [3.63, 3.8) is 0 Å². The van der Waals surface area contributed by atoms with Crippen molar-refractivity contribution in [2.75, 3.05) is 6.61 Å². The Balaban J connectivity index is 3.42. The molecular weight excluding hydrogens is 328 g/mol. The van der Waals surface area contributed by atoms with Crippen LogP contribution in [0.15, 0.2) is 4.47 Å². The lowest BCUT2D eigenvalue weighted by Crippen LogP contribution is -2.30. The molecule has 108 valence electrons. The third kappa shape index (κ3) is 3.67. The van der Waals surface area contributed by atoms with Crippen LogP contribution >= 0.6 is 27.5 Å². The van der Waals surface area contributed by atoms with Gasteiger partial charge in [0.1, 0.15) is 10.8 Å². The predicted octanol–water partition coefficient (Wildman–Crippen LogP) is 4.85. The molecule has 0 aliphatic rings. The molecule has 0 aliphatic heterocycles. The molecule has 0 fully saturated rings. The lowest BCUT2D eigenvalue weighted by atomic mass is 9.91. The highest BCUT2D eigenvalue weighted by atomic mass is 79.9. The van der Waals surface area contributed by atoms with Gasteiger partial charge in [-0.05, 0) is 36.2 Å². The van der Waals surface area contributed by atoms with Crippen molar-refractivity contribution in [1.29, 1.82) is 0 Å². The normalized spacial score (nSPS) is 15.4. The summed E-state index contributed by atoms with van der Waals surface area (Å²) in [7, 11) is 0. The van der Waals surface area contributed by atoms with E-state index in [0.717, 1.165) is 16.6 Å². The van der Waals surface area contributed by atoms with Gasteiger partial charge < -0.3 is 4.74 Å². The second-order valence-corrected chi connectivity index (χ2v) is 6.92. The summed E-state index contributed by atoms with van der Waals surface area (Å²) in [5.41, 5.74) is 0.294. The highest BCUT2D eigenvalue weighted by Gasteiger charge is 2.32. The smallest absolute Gasteiger partial charge is 0.162 e. The molecule has 1 atom stereocenters. The number of rotatable bonds is 4. The Kier molecular flexibility index (Phi) is 5.38. The zero-order valence-electron chi connectivity index (χ0n) is 12.5. The Morgan fingerprint density at radius 2 is 1.74 bits per heavy atom. The Bertz CT molecular complexity index is 459. The maximum absolute atomic E-state index is 6.23. The summed E-state index contributed by atoms with van der Waals surface area (Å²) in [6.45, 7) is 13.0. The van der Waals surface area contributed by atoms with Gasteiger partial charge in [0.25, 0.3) is 0 Å². The fourth-order valence-electron chi connectivity index (χ4n) is 1.80. The molecule has 0 amide bonds.